The van der Waals surface area contributed by atoms with E-state index >= 15 is 0 Å². The van der Waals surface area contributed by atoms with Crippen LogP contribution in [0, 0.1) is 29.1 Å². The van der Waals surface area contributed by atoms with Gasteiger partial charge in [0.2, 0.25) is 0 Å². The summed E-state index contributed by atoms with van der Waals surface area (Å²) >= 11 is 0. The molecule has 11 atom stereocenters. The summed E-state index contributed by atoms with van der Waals surface area (Å²) in [5.74, 6) is -9.13. The predicted molar refractivity (Wildman–Crippen MR) is 185 cm³/mol. The van der Waals surface area contributed by atoms with Gasteiger partial charge < -0.3 is 48.1 Å². The zero-order chi connectivity index (χ0) is 41.2. The zero-order valence-electron chi connectivity index (χ0n) is 32.6. The summed E-state index contributed by atoms with van der Waals surface area (Å²) < 4.78 is 45.7. The predicted octanol–water partition coefficient (Wildman–Crippen LogP) is 1.43. The highest BCUT2D eigenvalue weighted by Gasteiger charge is 2.80. The van der Waals surface area contributed by atoms with Crippen LogP contribution < -0.4 is 0 Å². The van der Waals surface area contributed by atoms with E-state index in [1.165, 1.54) is 32.1 Å². The van der Waals surface area contributed by atoms with Crippen LogP contribution >= 0.6 is 0 Å². The van der Waals surface area contributed by atoms with Crippen molar-refractivity contribution < 1.29 is 81.7 Å². The zero-order valence-corrected chi connectivity index (χ0v) is 32.6. The van der Waals surface area contributed by atoms with Crippen LogP contribution in [-0.2, 0) is 71.5 Å². The van der Waals surface area contributed by atoms with Gasteiger partial charge in [-0.3, -0.25) is 28.8 Å². The Morgan fingerprint density at radius 3 is 1.93 bits per heavy atom. The molecule has 1 saturated carbocycles. The summed E-state index contributed by atoms with van der Waals surface area (Å²) in [6.07, 6.45) is -6.25. The van der Waals surface area contributed by atoms with Gasteiger partial charge in [0.15, 0.2) is 30.5 Å². The minimum absolute atomic E-state index is 0.000781. The molecule has 3 fully saturated rings. The van der Waals surface area contributed by atoms with E-state index in [9.17, 15) is 43.8 Å². The lowest BCUT2D eigenvalue weighted by molar-refractivity contribution is -0.277. The highest BCUT2D eigenvalue weighted by molar-refractivity contribution is 5.78. The number of aliphatic hydroxyl groups excluding tert-OH is 1. The molecule has 2 N–H and O–H groups in total. The van der Waals surface area contributed by atoms with Crippen LogP contribution in [0.1, 0.15) is 75.2 Å². The standard InChI is InChI=1S/C38H52O17/c1-18(2)12-27(42)48-15-24-10-11-25(54-29(44)16-49-28(43)13-19(3)4)36(9)31(34(53-23(8)41)38(47)20(5)35(46)55-26(38)14-24)37(17-50-37)32(45)30(51-21(6)39)33(36)52-22(7)40/h10-11,14,18-20,25-26,30-34,45,47H,12-13,15-17H2,1-9H3/b11-10-,24-14+/t20-,25-,26-,30-,31+,32+,33-,34-,36+,37-,38-/m0/s1. The monoisotopic (exact) mass is 780 g/mol. The number of epoxide rings is 1. The van der Waals surface area contributed by atoms with Gasteiger partial charge in [0.1, 0.15) is 30.5 Å². The summed E-state index contributed by atoms with van der Waals surface area (Å²) in [4.78, 5) is 90.5. The quantitative estimate of drug-likeness (QED) is 0.162. The van der Waals surface area contributed by atoms with Crippen molar-refractivity contribution in [3.63, 3.8) is 0 Å². The minimum atomic E-state index is -2.47. The third kappa shape index (κ3) is 9.04. The van der Waals surface area contributed by atoms with Gasteiger partial charge in [0.25, 0.3) is 0 Å². The number of aliphatic hydroxyl groups is 2. The molecule has 0 bridgehead atoms. The molecule has 0 radical (unpaired) electrons. The fraction of sp³-hybridized carbons (Fsp3) is 0.711. The Morgan fingerprint density at radius 1 is 0.855 bits per heavy atom. The van der Waals surface area contributed by atoms with Crippen molar-refractivity contribution in [3.8, 4) is 0 Å². The van der Waals surface area contributed by atoms with E-state index in [0.29, 0.717) is 0 Å². The molecule has 55 heavy (non-hydrogen) atoms. The van der Waals surface area contributed by atoms with E-state index < -0.39 is 120 Å². The number of carbonyl (C=O) groups excluding carboxylic acids is 7. The van der Waals surface area contributed by atoms with Gasteiger partial charge in [-0.25, -0.2) is 4.79 Å². The lowest BCUT2D eigenvalue weighted by Gasteiger charge is -2.58. The molecule has 2 aliphatic carbocycles. The smallest absolute Gasteiger partial charge is 0.344 e. The third-order valence-electron chi connectivity index (χ3n) is 10.4. The SMILES string of the molecule is CC(=O)O[C@H]1[C@@H](O)[C@]2(CO2)[C@@H]2[C@H](OC(C)=O)[C@@]3(O)[C@H](/C=C(COC(=O)CC(C)C)\C=C/[C@H](OC(=O)COC(=O)CC(C)C)[C@@]2(C)[C@H]1OC(C)=O)OC(=O)[C@@H]3C. The molecule has 2 saturated heterocycles. The van der Waals surface area contributed by atoms with Gasteiger partial charge in [-0.05, 0) is 36.5 Å². The maximum absolute atomic E-state index is 13.6. The van der Waals surface area contributed by atoms with E-state index in [-0.39, 0.29) is 36.9 Å². The molecule has 0 aromatic heterocycles. The van der Waals surface area contributed by atoms with Crippen LogP contribution in [0.5, 0.6) is 0 Å². The Labute approximate surface area is 318 Å². The van der Waals surface area contributed by atoms with Crippen LogP contribution in [0.25, 0.3) is 0 Å². The normalized spacial score (nSPS) is 36.6. The Balaban J connectivity index is 2.03. The van der Waals surface area contributed by atoms with Crippen LogP contribution in [0.3, 0.4) is 0 Å². The van der Waals surface area contributed by atoms with E-state index in [1.54, 1.807) is 13.8 Å². The molecule has 0 aromatic rings. The van der Waals surface area contributed by atoms with Crippen LogP contribution in [0.4, 0.5) is 0 Å². The van der Waals surface area contributed by atoms with E-state index in [1.807, 2.05) is 13.8 Å². The van der Waals surface area contributed by atoms with Gasteiger partial charge in [-0.15, -0.1) is 0 Å². The minimum Gasteiger partial charge on any atom is -0.461 e. The van der Waals surface area contributed by atoms with Crippen molar-refractivity contribution in [2.45, 2.75) is 123 Å². The summed E-state index contributed by atoms with van der Waals surface area (Å²) in [7, 11) is 0. The molecule has 1 spiro atoms. The second-order valence-corrected chi connectivity index (χ2v) is 15.7. The Kier molecular flexibility index (Phi) is 13.2. The van der Waals surface area contributed by atoms with Crippen LogP contribution in [0.15, 0.2) is 23.8 Å². The van der Waals surface area contributed by atoms with Crippen molar-refractivity contribution in [1.82, 2.24) is 0 Å². The fourth-order valence-corrected chi connectivity index (χ4v) is 7.87. The largest absolute Gasteiger partial charge is 0.461 e. The summed E-state index contributed by atoms with van der Waals surface area (Å²) in [5.41, 5.74) is -6.19. The molecule has 306 valence electrons. The highest BCUT2D eigenvalue weighted by atomic mass is 16.6. The molecule has 4 rings (SSSR count). The average molecular weight is 781 g/mol. The molecule has 0 aromatic carbocycles. The lowest BCUT2D eigenvalue weighted by atomic mass is 9.51. The van der Waals surface area contributed by atoms with E-state index in [2.05, 4.69) is 0 Å². The van der Waals surface area contributed by atoms with E-state index in [0.717, 1.165) is 20.8 Å². The second-order valence-electron chi connectivity index (χ2n) is 15.7. The molecule has 0 unspecified atom stereocenters. The Bertz CT molecular complexity index is 1590. The fourth-order valence-electron chi connectivity index (χ4n) is 7.87. The van der Waals surface area contributed by atoms with Gasteiger partial charge in [0.05, 0.1) is 17.9 Å². The van der Waals surface area contributed by atoms with Crippen molar-refractivity contribution >= 4 is 41.8 Å². The number of carbonyl (C=O) groups is 7. The lowest BCUT2D eigenvalue weighted by Crippen LogP contribution is -2.75. The molecular formula is C38H52O17. The number of hydrogen-bond acceptors (Lipinski definition) is 17. The first-order valence-electron chi connectivity index (χ1n) is 18.2. The average Bonchev–Trinajstić information content (AvgIpc) is 3.82. The van der Waals surface area contributed by atoms with Crippen LogP contribution in [0.2, 0.25) is 0 Å². The number of hydrogen-bond donors (Lipinski definition) is 2. The summed E-state index contributed by atoms with van der Waals surface area (Å²) in [6.45, 7) is 11.5. The molecular weight excluding hydrogens is 728 g/mol. The van der Waals surface area contributed by atoms with Crippen molar-refractivity contribution in [2.24, 2.45) is 29.1 Å². The number of esters is 7. The third-order valence-corrected chi connectivity index (χ3v) is 10.4. The van der Waals surface area contributed by atoms with Gasteiger partial charge in [0, 0.05) is 39.5 Å². The molecule has 2 heterocycles. The number of ether oxygens (including phenoxy) is 8. The maximum Gasteiger partial charge on any atom is 0.344 e. The molecule has 2 aliphatic heterocycles. The first-order chi connectivity index (χ1) is 25.6. The van der Waals surface area contributed by atoms with Crippen molar-refractivity contribution in [3.05, 3.63) is 23.8 Å². The topological polar surface area (TPSA) is 237 Å². The highest BCUT2D eigenvalue weighted by Crippen LogP contribution is 2.62. The molecule has 17 heteroatoms. The summed E-state index contributed by atoms with van der Waals surface area (Å²) in [5, 5.41) is 24.8. The maximum atomic E-state index is 13.6. The number of fused-ring (bicyclic) bond motifs is 3. The van der Waals surface area contributed by atoms with Gasteiger partial charge in [-0.2, -0.15) is 0 Å². The van der Waals surface area contributed by atoms with Gasteiger partial charge in [-0.1, -0.05) is 40.7 Å². The van der Waals surface area contributed by atoms with E-state index in [4.69, 9.17) is 37.9 Å². The molecule has 0 amide bonds. The van der Waals surface area contributed by atoms with Crippen molar-refractivity contribution in [1.29, 1.82) is 0 Å². The first-order valence-corrected chi connectivity index (χ1v) is 18.2. The molecule has 17 nitrogen and oxygen atoms in total. The van der Waals surface area contributed by atoms with Crippen LogP contribution in [-0.4, -0.2) is 120 Å². The first kappa shape index (κ1) is 43.4. The Hall–Kier alpha value is -4.35. The number of rotatable bonds is 12. The van der Waals surface area contributed by atoms with Gasteiger partial charge >= 0.3 is 41.8 Å². The van der Waals surface area contributed by atoms with Crippen molar-refractivity contribution in [2.75, 3.05) is 19.8 Å². The summed E-state index contributed by atoms with van der Waals surface area (Å²) in [6, 6.07) is 0. The second kappa shape index (κ2) is 16.8. The Morgan fingerprint density at radius 2 is 1.40 bits per heavy atom. The molecule has 4 aliphatic rings.